The van der Waals surface area contributed by atoms with E-state index in [4.69, 9.17) is 4.74 Å². The fraction of sp³-hybridized carbons (Fsp3) is 0.150. The summed E-state index contributed by atoms with van der Waals surface area (Å²) < 4.78 is 5.12. The number of anilines is 3. The number of hydrogen-bond acceptors (Lipinski definition) is 5. The van der Waals surface area contributed by atoms with Crippen LogP contribution >= 0.6 is 0 Å². The number of rotatable bonds is 5. The number of aromatic nitrogens is 2. The molecule has 0 aliphatic heterocycles. The van der Waals surface area contributed by atoms with Crippen LogP contribution in [0.15, 0.2) is 54.9 Å². The molecule has 0 aliphatic carbocycles. The molecule has 6 heteroatoms. The van der Waals surface area contributed by atoms with E-state index < -0.39 is 0 Å². The van der Waals surface area contributed by atoms with Crippen LogP contribution in [0.3, 0.4) is 0 Å². The maximum absolute atomic E-state index is 12.3. The van der Waals surface area contributed by atoms with Gasteiger partial charge in [0.15, 0.2) is 0 Å². The number of nitrogens with one attached hydrogen (secondary N) is 2. The third-order valence-electron chi connectivity index (χ3n) is 3.73. The highest BCUT2D eigenvalue weighted by molar-refractivity contribution is 6.02. The number of nitrogens with zero attached hydrogens (tertiary/aromatic N) is 2. The lowest BCUT2D eigenvalue weighted by Crippen LogP contribution is -2.14. The summed E-state index contributed by atoms with van der Waals surface area (Å²) in [4.78, 5) is 20.8. The molecule has 0 spiro atoms. The number of amides is 1. The van der Waals surface area contributed by atoms with Gasteiger partial charge in [-0.2, -0.15) is 0 Å². The maximum atomic E-state index is 12.3. The Morgan fingerprint density at radius 1 is 0.923 bits per heavy atom. The van der Waals surface area contributed by atoms with Crippen LogP contribution in [0.5, 0.6) is 5.75 Å². The lowest BCUT2D eigenvalue weighted by Gasteiger charge is -2.08. The van der Waals surface area contributed by atoms with E-state index in [0.29, 0.717) is 5.82 Å². The lowest BCUT2D eigenvalue weighted by atomic mass is 10.1. The summed E-state index contributed by atoms with van der Waals surface area (Å²) in [6.07, 6.45) is 2.98. The molecule has 0 unspecified atom stereocenters. The fourth-order valence-corrected chi connectivity index (χ4v) is 2.57. The number of methoxy groups -OCH3 is 1. The van der Waals surface area contributed by atoms with Crippen LogP contribution < -0.4 is 15.4 Å². The van der Waals surface area contributed by atoms with Crippen molar-refractivity contribution in [2.24, 2.45) is 0 Å². The largest absolute Gasteiger partial charge is 0.497 e. The van der Waals surface area contributed by atoms with E-state index in [1.807, 2.05) is 50.2 Å². The topological polar surface area (TPSA) is 76.1 Å². The van der Waals surface area contributed by atoms with Crippen molar-refractivity contribution in [2.75, 3.05) is 17.7 Å². The first-order valence-electron chi connectivity index (χ1n) is 8.16. The molecule has 0 fully saturated rings. The van der Waals surface area contributed by atoms with E-state index in [-0.39, 0.29) is 11.6 Å². The quantitative estimate of drug-likeness (QED) is 0.726. The molecule has 0 saturated heterocycles. The summed E-state index contributed by atoms with van der Waals surface area (Å²) >= 11 is 0. The van der Waals surface area contributed by atoms with E-state index in [1.165, 1.54) is 12.4 Å². The molecule has 0 aliphatic rings. The number of hydrogen-bond donors (Lipinski definition) is 2. The first-order valence-corrected chi connectivity index (χ1v) is 8.16. The highest BCUT2D eigenvalue weighted by Gasteiger charge is 2.09. The summed E-state index contributed by atoms with van der Waals surface area (Å²) in [5, 5.41) is 5.97. The first kappa shape index (κ1) is 17.4. The Hall–Kier alpha value is -3.41. The first-order chi connectivity index (χ1) is 12.5. The predicted molar refractivity (Wildman–Crippen MR) is 102 cm³/mol. The highest BCUT2D eigenvalue weighted by Crippen LogP contribution is 2.18. The Morgan fingerprint density at radius 3 is 2.19 bits per heavy atom. The minimum absolute atomic E-state index is 0.254. The number of carbonyl (C=O) groups is 1. The lowest BCUT2D eigenvalue weighted by molar-refractivity contribution is 0.102. The Balaban J connectivity index is 1.67. The molecule has 0 saturated carbocycles. The Bertz CT molecular complexity index is 886. The molecule has 1 heterocycles. The molecule has 2 aromatic carbocycles. The van der Waals surface area contributed by atoms with Gasteiger partial charge in [-0.15, -0.1) is 0 Å². The number of ether oxygens (including phenoxy) is 1. The molecule has 1 amide bonds. The number of aryl methyl sites for hydroxylation is 2. The van der Waals surface area contributed by atoms with Crippen molar-refractivity contribution in [3.05, 3.63) is 71.7 Å². The van der Waals surface area contributed by atoms with E-state index in [1.54, 1.807) is 7.11 Å². The molecule has 2 N–H and O–H groups in total. The monoisotopic (exact) mass is 348 g/mol. The fourth-order valence-electron chi connectivity index (χ4n) is 2.57. The van der Waals surface area contributed by atoms with Crippen molar-refractivity contribution in [1.82, 2.24) is 9.97 Å². The third-order valence-corrected chi connectivity index (χ3v) is 3.73. The summed E-state index contributed by atoms with van der Waals surface area (Å²) in [5.41, 5.74) is 4.03. The second-order valence-electron chi connectivity index (χ2n) is 5.97. The summed E-state index contributed by atoms with van der Waals surface area (Å²) in [7, 11) is 1.62. The average molecular weight is 348 g/mol. The van der Waals surface area contributed by atoms with E-state index in [0.717, 1.165) is 28.3 Å². The van der Waals surface area contributed by atoms with Gasteiger partial charge >= 0.3 is 0 Å². The minimum atomic E-state index is -0.293. The van der Waals surface area contributed by atoms with Crippen LogP contribution in [0.2, 0.25) is 0 Å². The zero-order chi connectivity index (χ0) is 18.5. The molecule has 0 atom stereocenters. The Labute approximate surface area is 152 Å². The van der Waals surface area contributed by atoms with Crippen LogP contribution in [-0.4, -0.2) is 23.0 Å². The smallest absolute Gasteiger partial charge is 0.275 e. The van der Waals surface area contributed by atoms with Crippen molar-refractivity contribution >= 4 is 23.1 Å². The van der Waals surface area contributed by atoms with E-state index >= 15 is 0 Å². The van der Waals surface area contributed by atoms with Gasteiger partial charge in [0.05, 0.1) is 19.5 Å². The molecule has 26 heavy (non-hydrogen) atoms. The predicted octanol–water partition coefficient (Wildman–Crippen LogP) is 4.10. The van der Waals surface area contributed by atoms with Crippen molar-refractivity contribution in [3.63, 3.8) is 0 Å². The van der Waals surface area contributed by atoms with Gasteiger partial charge < -0.3 is 15.4 Å². The number of benzene rings is 2. The normalized spacial score (nSPS) is 10.3. The second kappa shape index (κ2) is 7.65. The Kier molecular flexibility index (Phi) is 5.12. The van der Waals surface area contributed by atoms with Gasteiger partial charge in [0.25, 0.3) is 5.91 Å². The van der Waals surface area contributed by atoms with Crippen LogP contribution in [-0.2, 0) is 0 Å². The molecular weight excluding hydrogens is 328 g/mol. The van der Waals surface area contributed by atoms with Gasteiger partial charge in [-0.3, -0.25) is 4.79 Å². The highest BCUT2D eigenvalue weighted by atomic mass is 16.5. The van der Waals surface area contributed by atoms with Crippen molar-refractivity contribution in [2.45, 2.75) is 13.8 Å². The van der Waals surface area contributed by atoms with Gasteiger partial charge in [0.1, 0.15) is 17.3 Å². The van der Waals surface area contributed by atoms with E-state index in [9.17, 15) is 4.79 Å². The summed E-state index contributed by atoms with van der Waals surface area (Å²) in [6, 6.07) is 13.3. The van der Waals surface area contributed by atoms with Crippen molar-refractivity contribution < 1.29 is 9.53 Å². The van der Waals surface area contributed by atoms with Gasteiger partial charge in [-0.25, -0.2) is 9.97 Å². The van der Waals surface area contributed by atoms with Gasteiger partial charge in [0.2, 0.25) is 0 Å². The molecule has 3 aromatic rings. The van der Waals surface area contributed by atoms with Gasteiger partial charge in [0, 0.05) is 11.4 Å². The molecular formula is C20H20N4O2. The average Bonchev–Trinajstić information content (AvgIpc) is 2.62. The van der Waals surface area contributed by atoms with Gasteiger partial charge in [-0.1, -0.05) is 6.07 Å². The van der Waals surface area contributed by atoms with Crippen molar-refractivity contribution in [3.8, 4) is 5.75 Å². The molecule has 1 aromatic heterocycles. The van der Waals surface area contributed by atoms with Crippen LogP contribution in [0, 0.1) is 13.8 Å². The maximum Gasteiger partial charge on any atom is 0.275 e. The van der Waals surface area contributed by atoms with E-state index in [2.05, 4.69) is 26.7 Å². The molecule has 6 nitrogen and oxygen atoms in total. The minimum Gasteiger partial charge on any atom is -0.497 e. The van der Waals surface area contributed by atoms with Crippen LogP contribution in [0.25, 0.3) is 0 Å². The Morgan fingerprint density at radius 2 is 1.62 bits per heavy atom. The van der Waals surface area contributed by atoms with Crippen molar-refractivity contribution in [1.29, 1.82) is 0 Å². The molecule has 132 valence electrons. The molecule has 0 radical (unpaired) electrons. The third kappa shape index (κ3) is 4.36. The number of carbonyl (C=O) groups excluding carboxylic acids is 1. The summed E-state index contributed by atoms with van der Waals surface area (Å²) in [5.74, 6) is 1.04. The second-order valence-corrected chi connectivity index (χ2v) is 5.97. The van der Waals surface area contributed by atoms with Gasteiger partial charge in [-0.05, 0) is 61.4 Å². The van der Waals surface area contributed by atoms with Crippen LogP contribution in [0.4, 0.5) is 17.2 Å². The SMILES string of the molecule is COc1ccc(Nc2cnc(C(=O)Nc3cc(C)cc(C)c3)cn2)cc1. The van der Waals surface area contributed by atoms with Crippen LogP contribution in [0.1, 0.15) is 21.6 Å². The standard InChI is InChI=1S/C20H20N4O2/c1-13-8-14(2)10-16(9-13)24-20(25)18-11-22-19(12-21-18)23-15-4-6-17(26-3)7-5-15/h4-12H,1-3H3,(H,22,23)(H,24,25). The zero-order valence-corrected chi connectivity index (χ0v) is 14.9. The molecule has 0 bridgehead atoms. The zero-order valence-electron chi connectivity index (χ0n) is 14.9. The summed E-state index contributed by atoms with van der Waals surface area (Å²) in [6.45, 7) is 3.98. The molecule has 3 rings (SSSR count).